The van der Waals surface area contributed by atoms with Crippen LogP contribution < -0.4 is 5.32 Å². The maximum Gasteiger partial charge on any atom is 0.237 e. The van der Waals surface area contributed by atoms with E-state index in [1.165, 1.54) is 11.3 Å². The molecule has 1 saturated heterocycles. The van der Waals surface area contributed by atoms with Crippen LogP contribution in [0.1, 0.15) is 33.6 Å². The van der Waals surface area contributed by atoms with Crippen molar-refractivity contribution < 1.29 is 9.59 Å². The lowest BCUT2D eigenvalue weighted by molar-refractivity contribution is -0.125. The van der Waals surface area contributed by atoms with Crippen LogP contribution in [0.25, 0.3) is 10.1 Å². The fourth-order valence-electron chi connectivity index (χ4n) is 3.93. The Bertz CT molecular complexity index is 1050. The molecule has 2 heterocycles. The van der Waals surface area contributed by atoms with E-state index in [9.17, 15) is 9.59 Å². The predicted octanol–water partition coefficient (Wildman–Crippen LogP) is 4.83. The van der Waals surface area contributed by atoms with Crippen LogP contribution in [-0.4, -0.2) is 35.7 Å². The van der Waals surface area contributed by atoms with E-state index in [-0.39, 0.29) is 24.3 Å². The van der Waals surface area contributed by atoms with Crippen LogP contribution in [0.2, 0.25) is 5.02 Å². The molecule has 29 heavy (non-hydrogen) atoms. The molecule has 0 aliphatic carbocycles. The van der Waals surface area contributed by atoms with Crippen molar-refractivity contribution in [3.8, 4) is 0 Å². The van der Waals surface area contributed by atoms with Gasteiger partial charge in [0.15, 0.2) is 5.78 Å². The van der Waals surface area contributed by atoms with Crippen molar-refractivity contribution in [2.45, 2.75) is 32.4 Å². The molecule has 1 aromatic heterocycles. The van der Waals surface area contributed by atoms with E-state index in [1.807, 2.05) is 60.4 Å². The normalized spacial score (nSPS) is 17.0. The zero-order valence-electron chi connectivity index (χ0n) is 16.3. The Balaban J connectivity index is 1.43. The minimum Gasteiger partial charge on any atom is -0.351 e. The largest absolute Gasteiger partial charge is 0.351 e. The van der Waals surface area contributed by atoms with Gasteiger partial charge in [-0.25, -0.2) is 0 Å². The number of amides is 1. The number of fused-ring (bicyclic) bond motifs is 1. The quantitative estimate of drug-likeness (QED) is 0.574. The molecule has 1 fully saturated rings. The lowest BCUT2D eigenvalue weighted by Crippen LogP contribution is -2.44. The first-order chi connectivity index (χ1) is 14.0. The zero-order chi connectivity index (χ0) is 20.4. The van der Waals surface area contributed by atoms with E-state index in [1.54, 1.807) is 0 Å². The van der Waals surface area contributed by atoms with Gasteiger partial charge >= 0.3 is 0 Å². The van der Waals surface area contributed by atoms with E-state index >= 15 is 0 Å². The zero-order valence-corrected chi connectivity index (χ0v) is 17.9. The van der Waals surface area contributed by atoms with Crippen molar-refractivity contribution in [2.75, 3.05) is 13.1 Å². The number of Topliss-reactive ketones (excluding diaryl/α,β-unsaturated/α-hetero) is 1. The molecule has 1 atom stereocenters. The highest BCUT2D eigenvalue weighted by molar-refractivity contribution is 7.21. The minimum atomic E-state index is -0.244. The molecule has 4 rings (SSSR count). The summed E-state index contributed by atoms with van der Waals surface area (Å²) < 4.78 is 1.06. The Hall–Kier alpha value is -2.21. The number of rotatable bonds is 6. The molecule has 1 N–H and O–H groups in total. The van der Waals surface area contributed by atoms with Gasteiger partial charge < -0.3 is 5.32 Å². The number of carbonyl (C=O) groups excluding carboxylic acids is 2. The highest BCUT2D eigenvalue weighted by Gasteiger charge is 2.32. The Morgan fingerprint density at radius 2 is 2.00 bits per heavy atom. The number of carbonyl (C=O) groups is 2. The molecule has 0 radical (unpaired) electrons. The molecule has 2 aromatic carbocycles. The fraction of sp³-hybridized carbons (Fsp3) is 0.304. The van der Waals surface area contributed by atoms with E-state index in [0.717, 1.165) is 45.5 Å². The molecule has 6 heteroatoms. The summed E-state index contributed by atoms with van der Waals surface area (Å²) in [7, 11) is 0. The average Bonchev–Trinajstić information content (AvgIpc) is 3.31. The number of aryl methyl sites for hydroxylation is 1. The molecule has 1 aliphatic heterocycles. The Morgan fingerprint density at radius 1 is 1.21 bits per heavy atom. The third kappa shape index (κ3) is 4.37. The van der Waals surface area contributed by atoms with Crippen molar-refractivity contribution in [1.82, 2.24) is 10.2 Å². The van der Waals surface area contributed by atoms with Crippen LogP contribution in [0.3, 0.4) is 0 Å². The lowest BCUT2D eigenvalue weighted by atomic mass is 10.1. The number of hydrogen-bond donors (Lipinski definition) is 1. The van der Waals surface area contributed by atoms with Gasteiger partial charge in [0.1, 0.15) is 0 Å². The van der Waals surface area contributed by atoms with Crippen LogP contribution in [0.5, 0.6) is 0 Å². The average molecular weight is 427 g/mol. The maximum atomic E-state index is 13.0. The molecule has 3 aromatic rings. The van der Waals surface area contributed by atoms with Gasteiger partial charge in [-0.15, -0.1) is 11.3 Å². The minimum absolute atomic E-state index is 0.000928. The standard InChI is InChI=1S/C23H23ClN2O2S/c1-15-18-12-17(24)9-10-21(18)29-22(15)20(27)14-26-11-5-8-19(26)23(28)25-13-16-6-3-2-4-7-16/h2-4,6-7,9-10,12,19H,5,8,11,13-14H2,1H3,(H,25,28)/t19-/m0/s1. The molecule has 1 aliphatic rings. The summed E-state index contributed by atoms with van der Waals surface area (Å²) >= 11 is 7.62. The summed E-state index contributed by atoms with van der Waals surface area (Å²) in [6, 6.07) is 15.3. The summed E-state index contributed by atoms with van der Waals surface area (Å²) in [6.07, 6.45) is 1.71. The second kappa shape index (κ2) is 8.66. The number of hydrogen-bond acceptors (Lipinski definition) is 4. The first kappa shape index (κ1) is 20.1. The molecule has 150 valence electrons. The molecule has 0 unspecified atom stereocenters. The van der Waals surface area contributed by atoms with Crippen LogP contribution in [0, 0.1) is 6.92 Å². The Morgan fingerprint density at radius 3 is 2.79 bits per heavy atom. The van der Waals surface area contributed by atoms with Crippen molar-refractivity contribution in [2.24, 2.45) is 0 Å². The molecular formula is C23H23ClN2O2S. The smallest absolute Gasteiger partial charge is 0.237 e. The summed E-state index contributed by atoms with van der Waals surface area (Å²) in [6.45, 7) is 3.51. The number of nitrogens with zero attached hydrogens (tertiary/aromatic N) is 1. The number of ketones is 1. The molecular weight excluding hydrogens is 404 g/mol. The SMILES string of the molecule is Cc1c(C(=O)CN2CCC[C@H]2C(=O)NCc2ccccc2)sc2ccc(Cl)cc12. The van der Waals surface area contributed by atoms with Gasteiger partial charge in [-0.2, -0.15) is 0 Å². The predicted molar refractivity (Wildman–Crippen MR) is 119 cm³/mol. The summed E-state index contributed by atoms with van der Waals surface area (Å²) in [5.74, 6) is 0.0709. The van der Waals surface area contributed by atoms with Gasteiger partial charge in [-0.1, -0.05) is 41.9 Å². The molecule has 0 spiro atoms. The number of nitrogens with one attached hydrogen (secondary N) is 1. The summed E-state index contributed by atoms with van der Waals surface area (Å²) in [4.78, 5) is 28.5. The van der Waals surface area contributed by atoms with Gasteiger partial charge in [0.05, 0.1) is 17.5 Å². The maximum absolute atomic E-state index is 13.0. The first-order valence-electron chi connectivity index (χ1n) is 9.80. The van der Waals surface area contributed by atoms with Crippen molar-refractivity contribution in [1.29, 1.82) is 0 Å². The van der Waals surface area contributed by atoms with E-state index < -0.39 is 0 Å². The fourth-order valence-corrected chi connectivity index (χ4v) is 5.22. The van der Waals surface area contributed by atoms with Crippen LogP contribution in [0.4, 0.5) is 0 Å². The third-order valence-electron chi connectivity index (χ3n) is 5.47. The van der Waals surface area contributed by atoms with Gasteiger partial charge in [0.2, 0.25) is 5.91 Å². The van der Waals surface area contributed by atoms with E-state index in [0.29, 0.717) is 11.6 Å². The van der Waals surface area contributed by atoms with E-state index in [2.05, 4.69) is 5.32 Å². The molecule has 0 bridgehead atoms. The Labute approximate surface area is 179 Å². The van der Waals surface area contributed by atoms with Gasteiger partial charge in [0, 0.05) is 16.3 Å². The molecule has 0 saturated carbocycles. The van der Waals surface area contributed by atoms with Crippen molar-refractivity contribution in [3.05, 3.63) is 69.6 Å². The second-order valence-corrected chi connectivity index (χ2v) is 8.94. The van der Waals surface area contributed by atoms with Crippen molar-refractivity contribution >= 4 is 44.7 Å². The van der Waals surface area contributed by atoms with Crippen LogP contribution in [-0.2, 0) is 11.3 Å². The number of benzene rings is 2. The second-order valence-electron chi connectivity index (χ2n) is 7.45. The van der Waals surface area contributed by atoms with Crippen molar-refractivity contribution in [3.63, 3.8) is 0 Å². The van der Waals surface area contributed by atoms with Gasteiger partial charge in [-0.05, 0) is 61.0 Å². The lowest BCUT2D eigenvalue weighted by Gasteiger charge is -2.23. The molecule has 4 nitrogen and oxygen atoms in total. The monoisotopic (exact) mass is 426 g/mol. The topological polar surface area (TPSA) is 49.4 Å². The summed E-state index contributed by atoms with van der Waals surface area (Å²) in [5, 5.41) is 4.72. The number of thiophene rings is 1. The third-order valence-corrected chi connectivity index (χ3v) is 7.02. The number of likely N-dealkylation sites (tertiary alicyclic amines) is 1. The summed E-state index contributed by atoms with van der Waals surface area (Å²) in [5.41, 5.74) is 2.04. The number of halogens is 1. The molecule has 1 amide bonds. The van der Waals surface area contributed by atoms with Gasteiger partial charge in [0.25, 0.3) is 0 Å². The highest BCUT2D eigenvalue weighted by Crippen LogP contribution is 2.33. The van der Waals surface area contributed by atoms with Gasteiger partial charge in [-0.3, -0.25) is 14.5 Å². The Kier molecular flexibility index (Phi) is 5.99. The van der Waals surface area contributed by atoms with E-state index in [4.69, 9.17) is 11.6 Å². The van der Waals surface area contributed by atoms with Crippen LogP contribution in [0.15, 0.2) is 48.5 Å². The van der Waals surface area contributed by atoms with Crippen LogP contribution >= 0.6 is 22.9 Å². The highest BCUT2D eigenvalue weighted by atomic mass is 35.5. The first-order valence-corrected chi connectivity index (χ1v) is 11.0.